The van der Waals surface area contributed by atoms with Crippen LogP contribution in [0, 0.1) is 0 Å². The third-order valence-electron chi connectivity index (χ3n) is 4.32. The Hall–Kier alpha value is -2.93. The lowest BCUT2D eigenvalue weighted by molar-refractivity contribution is 0.0526. The molecule has 0 aliphatic carbocycles. The number of hydrogen-bond acceptors (Lipinski definition) is 4. The van der Waals surface area contributed by atoms with Gasteiger partial charge >= 0.3 is 5.97 Å². The number of benzene rings is 2. The highest BCUT2D eigenvalue weighted by molar-refractivity contribution is 7.80. The van der Waals surface area contributed by atoms with Crippen LogP contribution in [0.15, 0.2) is 48.5 Å². The summed E-state index contributed by atoms with van der Waals surface area (Å²) < 4.78 is 7.17. The zero-order valence-electron chi connectivity index (χ0n) is 14.3. The van der Waals surface area contributed by atoms with Gasteiger partial charge in [-0.3, -0.25) is 4.90 Å². The van der Waals surface area contributed by atoms with Crippen LogP contribution in [0.1, 0.15) is 17.3 Å². The van der Waals surface area contributed by atoms with Gasteiger partial charge < -0.3 is 14.6 Å². The molecule has 0 saturated carbocycles. The van der Waals surface area contributed by atoms with Crippen LogP contribution >= 0.6 is 12.2 Å². The molecule has 0 radical (unpaired) electrons. The van der Waals surface area contributed by atoms with Gasteiger partial charge in [-0.2, -0.15) is 0 Å². The Bertz CT molecular complexity index is 981. The van der Waals surface area contributed by atoms with Crippen LogP contribution in [0.3, 0.4) is 0 Å². The molecule has 0 unspecified atom stereocenters. The van der Waals surface area contributed by atoms with Gasteiger partial charge in [-0.05, 0) is 55.5 Å². The summed E-state index contributed by atoms with van der Waals surface area (Å²) in [6.45, 7) is 3.77. The fourth-order valence-corrected chi connectivity index (χ4v) is 3.37. The summed E-state index contributed by atoms with van der Waals surface area (Å²) in [7, 11) is 0. The van der Waals surface area contributed by atoms with Crippen molar-refractivity contribution in [3.05, 3.63) is 54.1 Å². The number of hydrogen-bond donors (Lipinski definition) is 1. The van der Waals surface area contributed by atoms with Gasteiger partial charge in [0, 0.05) is 18.8 Å². The SMILES string of the molecule is CCOC(=O)c1ccc(NC(=S)N2CCn3c2nc2ccccc23)cc1. The molecular formula is C19H18N4O2S. The number of anilines is 2. The summed E-state index contributed by atoms with van der Waals surface area (Å²) in [5, 5.41) is 3.81. The van der Waals surface area contributed by atoms with Gasteiger partial charge in [0.25, 0.3) is 0 Å². The van der Waals surface area contributed by atoms with Gasteiger partial charge in [-0.25, -0.2) is 9.78 Å². The zero-order chi connectivity index (χ0) is 18.1. The first kappa shape index (κ1) is 16.5. The van der Waals surface area contributed by atoms with Crippen LogP contribution in [-0.4, -0.2) is 33.8 Å². The lowest BCUT2D eigenvalue weighted by Crippen LogP contribution is -2.33. The van der Waals surface area contributed by atoms with E-state index in [1.165, 1.54) is 0 Å². The largest absolute Gasteiger partial charge is 0.462 e. The normalized spacial score (nSPS) is 12.9. The molecule has 1 aliphatic heterocycles. The van der Waals surface area contributed by atoms with Crippen molar-refractivity contribution in [2.24, 2.45) is 0 Å². The van der Waals surface area contributed by atoms with Crippen molar-refractivity contribution in [3.8, 4) is 0 Å². The second kappa shape index (κ2) is 6.76. The molecule has 0 amide bonds. The van der Waals surface area contributed by atoms with Crippen LogP contribution in [0.5, 0.6) is 0 Å². The highest BCUT2D eigenvalue weighted by Crippen LogP contribution is 2.27. The Morgan fingerprint density at radius 3 is 2.73 bits per heavy atom. The van der Waals surface area contributed by atoms with E-state index in [2.05, 4.69) is 16.0 Å². The molecule has 0 bridgehead atoms. The van der Waals surface area contributed by atoms with Crippen molar-refractivity contribution in [2.75, 3.05) is 23.4 Å². The highest BCUT2D eigenvalue weighted by Gasteiger charge is 2.26. The summed E-state index contributed by atoms with van der Waals surface area (Å²) in [5.41, 5.74) is 3.42. The number of para-hydroxylation sites is 2. The maximum atomic E-state index is 11.7. The van der Waals surface area contributed by atoms with Crippen molar-refractivity contribution in [1.82, 2.24) is 9.55 Å². The average Bonchev–Trinajstić information content (AvgIpc) is 3.21. The number of ether oxygens (including phenoxy) is 1. The summed E-state index contributed by atoms with van der Waals surface area (Å²) in [6.07, 6.45) is 0. The van der Waals surface area contributed by atoms with Gasteiger partial charge in [0.1, 0.15) is 0 Å². The number of carbonyl (C=O) groups is 1. The highest BCUT2D eigenvalue weighted by atomic mass is 32.1. The van der Waals surface area contributed by atoms with Crippen LogP contribution in [0.4, 0.5) is 11.6 Å². The lowest BCUT2D eigenvalue weighted by Gasteiger charge is -2.18. The van der Waals surface area contributed by atoms with E-state index in [-0.39, 0.29) is 5.97 Å². The van der Waals surface area contributed by atoms with E-state index in [4.69, 9.17) is 21.9 Å². The van der Waals surface area contributed by atoms with E-state index in [1.807, 2.05) is 35.2 Å². The van der Waals surface area contributed by atoms with Gasteiger partial charge in [-0.15, -0.1) is 0 Å². The van der Waals surface area contributed by atoms with Gasteiger partial charge in [0.15, 0.2) is 5.11 Å². The van der Waals surface area contributed by atoms with Gasteiger partial charge in [-0.1, -0.05) is 12.1 Å². The van der Waals surface area contributed by atoms with Crippen molar-refractivity contribution in [3.63, 3.8) is 0 Å². The smallest absolute Gasteiger partial charge is 0.338 e. The third-order valence-corrected chi connectivity index (χ3v) is 4.64. The zero-order valence-corrected chi connectivity index (χ0v) is 15.1. The fraction of sp³-hybridized carbons (Fsp3) is 0.211. The van der Waals surface area contributed by atoms with Crippen LogP contribution in [0.2, 0.25) is 0 Å². The quantitative estimate of drug-likeness (QED) is 0.566. The minimum atomic E-state index is -0.324. The Morgan fingerprint density at radius 2 is 1.96 bits per heavy atom. The van der Waals surface area contributed by atoms with Crippen LogP contribution in [0.25, 0.3) is 11.0 Å². The molecule has 7 heteroatoms. The van der Waals surface area contributed by atoms with Gasteiger partial charge in [0.2, 0.25) is 5.95 Å². The van der Waals surface area contributed by atoms with Crippen LogP contribution < -0.4 is 10.2 Å². The molecule has 1 aliphatic rings. The summed E-state index contributed by atoms with van der Waals surface area (Å²) >= 11 is 5.57. The molecule has 26 heavy (non-hydrogen) atoms. The molecule has 1 N–H and O–H groups in total. The first-order chi connectivity index (χ1) is 12.7. The summed E-state index contributed by atoms with van der Waals surface area (Å²) in [4.78, 5) is 18.4. The lowest BCUT2D eigenvalue weighted by atomic mass is 10.2. The average molecular weight is 366 g/mol. The molecule has 0 atom stereocenters. The number of nitrogens with one attached hydrogen (secondary N) is 1. The van der Waals surface area contributed by atoms with E-state index >= 15 is 0 Å². The predicted molar refractivity (Wildman–Crippen MR) is 106 cm³/mol. The number of esters is 1. The number of aromatic nitrogens is 2. The fourth-order valence-electron chi connectivity index (χ4n) is 3.08. The Labute approximate surface area is 156 Å². The van der Waals surface area contributed by atoms with Gasteiger partial charge in [0.05, 0.1) is 23.2 Å². The van der Waals surface area contributed by atoms with E-state index in [0.717, 1.165) is 35.8 Å². The minimum absolute atomic E-state index is 0.324. The first-order valence-electron chi connectivity index (χ1n) is 8.48. The number of rotatable bonds is 3. The minimum Gasteiger partial charge on any atom is -0.462 e. The molecule has 0 spiro atoms. The van der Waals surface area contributed by atoms with Crippen molar-refractivity contribution in [1.29, 1.82) is 0 Å². The predicted octanol–water partition coefficient (Wildman–Crippen LogP) is 3.43. The topological polar surface area (TPSA) is 59.4 Å². The summed E-state index contributed by atoms with van der Waals surface area (Å²) in [6, 6.07) is 15.2. The molecular weight excluding hydrogens is 348 g/mol. The molecule has 2 heterocycles. The first-order valence-corrected chi connectivity index (χ1v) is 8.89. The number of imidazole rings is 1. The van der Waals surface area contributed by atoms with Crippen LogP contribution in [-0.2, 0) is 11.3 Å². The van der Waals surface area contributed by atoms with E-state index in [0.29, 0.717) is 17.3 Å². The van der Waals surface area contributed by atoms with E-state index in [1.54, 1.807) is 19.1 Å². The third kappa shape index (κ3) is 2.90. The van der Waals surface area contributed by atoms with E-state index in [9.17, 15) is 4.79 Å². The molecule has 132 valence electrons. The Balaban J connectivity index is 1.51. The number of nitrogens with zero attached hydrogens (tertiary/aromatic N) is 3. The van der Waals surface area contributed by atoms with E-state index < -0.39 is 0 Å². The monoisotopic (exact) mass is 366 g/mol. The molecule has 1 aromatic heterocycles. The molecule has 6 nitrogen and oxygen atoms in total. The maximum Gasteiger partial charge on any atom is 0.338 e. The molecule has 2 aromatic carbocycles. The Kier molecular flexibility index (Phi) is 4.30. The Morgan fingerprint density at radius 1 is 1.19 bits per heavy atom. The molecule has 0 fully saturated rings. The summed E-state index contributed by atoms with van der Waals surface area (Å²) in [5.74, 6) is 0.529. The van der Waals surface area contributed by atoms with Crippen molar-refractivity contribution in [2.45, 2.75) is 13.5 Å². The second-order valence-corrected chi connectivity index (χ2v) is 6.32. The number of carbonyl (C=O) groups excluding carboxylic acids is 1. The molecule has 0 saturated heterocycles. The molecule has 4 rings (SSSR count). The molecule has 3 aromatic rings. The second-order valence-electron chi connectivity index (χ2n) is 5.93. The number of thiocarbonyl (C=S) groups is 1. The number of fused-ring (bicyclic) bond motifs is 3. The standard InChI is InChI=1S/C19H18N4O2S/c1-2-25-17(24)13-7-9-14(10-8-13)20-19(26)23-12-11-22-16-6-4-3-5-15(16)21-18(22)23/h3-10H,2,11-12H2,1H3,(H,20,26). The van der Waals surface area contributed by atoms with Crippen molar-refractivity contribution >= 4 is 46.0 Å². The van der Waals surface area contributed by atoms with Crippen molar-refractivity contribution < 1.29 is 9.53 Å². The maximum absolute atomic E-state index is 11.7.